The number of likely N-dealkylation sites (tertiary alicyclic amines) is 1. The summed E-state index contributed by atoms with van der Waals surface area (Å²) in [6.07, 6.45) is 8.18. The van der Waals surface area contributed by atoms with Gasteiger partial charge in [0.05, 0.1) is 6.61 Å². The highest BCUT2D eigenvalue weighted by molar-refractivity contribution is 5.73. The van der Waals surface area contributed by atoms with Gasteiger partial charge in [0.15, 0.2) is 0 Å². The fourth-order valence-corrected chi connectivity index (χ4v) is 3.41. The van der Waals surface area contributed by atoms with E-state index in [0.29, 0.717) is 24.3 Å². The van der Waals surface area contributed by atoms with Crippen molar-refractivity contribution in [2.75, 3.05) is 26.2 Å². The van der Waals surface area contributed by atoms with Crippen LogP contribution in [-0.4, -0.2) is 48.2 Å². The van der Waals surface area contributed by atoms with E-state index in [4.69, 9.17) is 4.74 Å². The molecule has 2 N–H and O–H groups in total. The Morgan fingerprint density at radius 2 is 2.08 bits per heavy atom. The van der Waals surface area contributed by atoms with E-state index in [-0.39, 0.29) is 6.03 Å². The van der Waals surface area contributed by atoms with Gasteiger partial charge in [-0.1, -0.05) is 0 Å². The van der Waals surface area contributed by atoms with Crippen LogP contribution in [0.5, 0.6) is 5.88 Å². The molecule has 1 aromatic rings. The number of aromatic nitrogens is 1. The molecule has 2 aliphatic carbocycles. The summed E-state index contributed by atoms with van der Waals surface area (Å²) in [5.41, 5.74) is 1.01. The van der Waals surface area contributed by atoms with Gasteiger partial charge in [-0.15, -0.1) is 0 Å². The molecular formula is C19H28N4O2. The highest BCUT2D eigenvalue weighted by Gasteiger charge is 2.34. The third-order valence-corrected chi connectivity index (χ3v) is 5.35. The quantitative estimate of drug-likeness (QED) is 0.758. The van der Waals surface area contributed by atoms with Crippen molar-refractivity contribution >= 4 is 6.03 Å². The van der Waals surface area contributed by atoms with Gasteiger partial charge < -0.3 is 20.3 Å². The fraction of sp³-hybridized carbons (Fsp3) is 0.684. The molecule has 1 saturated heterocycles. The minimum Gasteiger partial charge on any atom is -0.477 e. The minimum atomic E-state index is -0.0952. The van der Waals surface area contributed by atoms with Crippen LogP contribution in [0.25, 0.3) is 0 Å². The molecule has 4 rings (SSSR count). The standard InChI is InChI=1S/C19H28N4O2/c24-19(22-11-16-6-8-23(12-16)17-3-4-17)21-10-15-5-7-20-18(9-15)25-13-14-1-2-14/h5,7,9,14,16-17H,1-4,6,8,10-13H2,(H2,21,22,24). The van der Waals surface area contributed by atoms with E-state index in [0.717, 1.165) is 31.3 Å². The van der Waals surface area contributed by atoms with Crippen LogP contribution in [0.15, 0.2) is 18.3 Å². The van der Waals surface area contributed by atoms with Crippen molar-refractivity contribution in [1.82, 2.24) is 20.5 Å². The lowest BCUT2D eigenvalue weighted by molar-refractivity contribution is 0.238. The Hall–Kier alpha value is -1.82. The van der Waals surface area contributed by atoms with E-state index in [1.807, 2.05) is 12.1 Å². The first-order chi connectivity index (χ1) is 12.3. The monoisotopic (exact) mass is 344 g/mol. The SMILES string of the molecule is O=C(NCc1ccnc(OCC2CC2)c1)NCC1CCN(C2CC2)C1. The number of urea groups is 1. The summed E-state index contributed by atoms with van der Waals surface area (Å²) in [5.74, 6) is 1.95. The summed E-state index contributed by atoms with van der Waals surface area (Å²) in [4.78, 5) is 18.8. The van der Waals surface area contributed by atoms with Crippen LogP contribution in [-0.2, 0) is 6.54 Å². The molecule has 6 heteroatoms. The molecule has 136 valence electrons. The predicted molar refractivity (Wildman–Crippen MR) is 95.4 cm³/mol. The molecule has 2 saturated carbocycles. The second kappa shape index (κ2) is 7.60. The Morgan fingerprint density at radius 3 is 2.88 bits per heavy atom. The van der Waals surface area contributed by atoms with Crippen LogP contribution in [0.3, 0.4) is 0 Å². The molecular weight excluding hydrogens is 316 g/mol. The maximum absolute atomic E-state index is 12.0. The number of pyridine rings is 1. The van der Waals surface area contributed by atoms with E-state index < -0.39 is 0 Å². The van der Waals surface area contributed by atoms with Crippen molar-refractivity contribution in [3.05, 3.63) is 23.9 Å². The van der Waals surface area contributed by atoms with Crippen molar-refractivity contribution in [3.63, 3.8) is 0 Å². The van der Waals surface area contributed by atoms with Crippen LogP contribution in [0.1, 0.15) is 37.7 Å². The topological polar surface area (TPSA) is 66.5 Å². The second-order valence-corrected chi connectivity index (χ2v) is 7.70. The lowest BCUT2D eigenvalue weighted by Crippen LogP contribution is -2.38. The molecule has 1 aliphatic heterocycles. The summed E-state index contributed by atoms with van der Waals surface area (Å²) in [6.45, 7) is 4.34. The van der Waals surface area contributed by atoms with Crippen molar-refractivity contribution in [3.8, 4) is 5.88 Å². The van der Waals surface area contributed by atoms with Gasteiger partial charge in [-0.2, -0.15) is 0 Å². The van der Waals surface area contributed by atoms with Crippen molar-refractivity contribution in [2.24, 2.45) is 11.8 Å². The summed E-state index contributed by atoms with van der Waals surface area (Å²) in [6, 6.07) is 4.56. The van der Waals surface area contributed by atoms with Gasteiger partial charge in [-0.05, 0) is 62.1 Å². The van der Waals surface area contributed by atoms with Gasteiger partial charge in [-0.25, -0.2) is 9.78 Å². The number of hydrogen-bond acceptors (Lipinski definition) is 4. The molecule has 0 radical (unpaired) electrons. The van der Waals surface area contributed by atoms with E-state index in [1.54, 1.807) is 6.20 Å². The Bertz CT molecular complexity index is 601. The number of ether oxygens (including phenoxy) is 1. The van der Waals surface area contributed by atoms with Crippen molar-refractivity contribution in [1.29, 1.82) is 0 Å². The average molecular weight is 344 g/mol. The molecule has 25 heavy (non-hydrogen) atoms. The normalized spacial score (nSPS) is 23.4. The molecule has 3 aliphatic rings. The van der Waals surface area contributed by atoms with Crippen LogP contribution in [0, 0.1) is 11.8 Å². The zero-order chi connectivity index (χ0) is 17.1. The number of nitrogens with zero attached hydrogens (tertiary/aromatic N) is 2. The Balaban J connectivity index is 1.15. The minimum absolute atomic E-state index is 0.0952. The summed E-state index contributed by atoms with van der Waals surface area (Å²) in [7, 11) is 0. The third kappa shape index (κ3) is 5.08. The molecule has 1 aromatic heterocycles. The molecule has 2 heterocycles. The number of rotatable bonds is 8. The predicted octanol–water partition coefficient (Wildman–Crippen LogP) is 2.15. The van der Waals surface area contributed by atoms with Crippen LogP contribution >= 0.6 is 0 Å². The summed E-state index contributed by atoms with van der Waals surface area (Å²) < 4.78 is 5.68. The summed E-state index contributed by atoms with van der Waals surface area (Å²) in [5, 5.41) is 5.94. The average Bonchev–Trinajstić information content (AvgIpc) is 3.56. The molecule has 0 bridgehead atoms. The Morgan fingerprint density at radius 1 is 1.20 bits per heavy atom. The van der Waals surface area contributed by atoms with E-state index in [9.17, 15) is 4.79 Å². The van der Waals surface area contributed by atoms with Crippen LogP contribution in [0.2, 0.25) is 0 Å². The van der Waals surface area contributed by atoms with Gasteiger partial charge in [0.2, 0.25) is 5.88 Å². The van der Waals surface area contributed by atoms with E-state index in [1.165, 1.54) is 38.6 Å². The fourth-order valence-electron chi connectivity index (χ4n) is 3.41. The third-order valence-electron chi connectivity index (χ3n) is 5.35. The Kier molecular flexibility index (Phi) is 5.06. The molecule has 3 fully saturated rings. The molecule has 0 spiro atoms. The van der Waals surface area contributed by atoms with Gasteiger partial charge in [0, 0.05) is 37.9 Å². The zero-order valence-corrected chi connectivity index (χ0v) is 14.7. The van der Waals surface area contributed by atoms with Crippen molar-refractivity contribution in [2.45, 2.75) is 44.7 Å². The number of nitrogens with one attached hydrogen (secondary N) is 2. The first kappa shape index (κ1) is 16.6. The lowest BCUT2D eigenvalue weighted by atomic mass is 10.1. The number of carbonyl (C=O) groups is 1. The van der Waals surface area contributed by atoms with Crippen molar-refractivity contribution < 1.29 is 9.53 Å². The van der Waals surface area contributed by atoms with Crippen LogP contribution < -0.4 is 15.4 Å². The second-order valence-electron chi connectivity index (χ2n) is 7.70. The molecule has 1 atom stereocenters. The highest BCUT2D eigenvalue weighted by Crippen LogP contribution is 2.31. The largest absolute Gasteiger partial charge is 0.477 e. The number of hydrogen-bond donors (Lipinski definition) is 2. The Labute approximate surface area is 149 Å². The number of amides is 2. The van der Waals surface area contributed by atoms with Gasteiger partial charge in [0.25, 0.3) is 0 Å². The first-order valence-electron chi connectivity index (χ1n) is 9.60. The molecule has 2 amide bonds. The number of carbonyl (C=O) groups excluding carboxylic acids is 1. The molecule has 1 unspecified atom stereocenters. The van der Waals surface area contributed by atoms with Gasteiger partial charge in [0.1, 0.15) is 0 Å². The smallest absolute Gasteiger partial charge is 0.315 e. The van der Waals surface area contributed by atoms with Crippen LogP contribution in [0.4, 0.5) is 4.79 Å². The van der Waals surface area contributed by atoms with Gasteiger partial charge >= 0.3 is 6.03 Å². The lowest BCUT2D eigenvalue weighted by Gasteiger charge is -2.15. The first-order valence-corrected chi connectivity index (χ1v) is 9.60. The summed E-state index contributed by atoms with van der Waals surface area (Å²) >= 11 is 0. The van der Waals surface area contributed by atoms with E-state index in [2.05, 4.69) is 20.5 Å². The maximum atomic E-state index is 12.0. The molecule has 6 nitrogen and oxygen atoms in total. The van der Waals surface area contributed by atoms with Gasteiger partial charge in [-0.3, -0.25) is 0 Å². The maximum Gasteiger partial charge on any atom is 0.315 e. The van der Waals surface area contributed by atoms with E-state index >= 15 is 0 Å². The molecule has 0 aromatic carbocycles. The zero-order valence-electron chi connectivity index (χ0n) is 14.7. The highest BCUT2D eigenvalue weighted by atomic mass is 16.5.